The van der Waals surface area contributed by atoms with Gasteiger partial charge in [-0.25, -0.2) is 4.98 Å². The fourth-order valence-electron chi connectivity index (χ4n) is 3.96. The van der Waals surface area contributed by atoms with Gasteiger partial charge in [0.1, 0.15) is 5.82 Å². The number of H-pyrrole nitrogens is 1. The van der Waals surface area contributed by atoms with E-state index in [1.54, 1.807) is 24.5 Å². The van der Waals surface area contributed by atoms with Gasteiger partial charge in [-0.05, 0) is 56.1 Å². The highest BCUT2D eigenvalue weighted by Gasteiger charge is 2.23. The first-order chi connectivity index (χ1) is 14.6. The van der Waals surface area contributed by atoms with Crippen molar-refractivity contribution in [2.24, 2.45) is 0 Å². The molecule has 1 aliphatic heterocycles. The number of nitrogens with zero attached hydrogens (tertiary/aromatic N) is 3. The van der Waals surface area contributed by atoms with Gasteiger partial charge >= 0.3 is 0 Å². The van der Waals surface area contributed by atoms with E-state index >= 15 is 0 Å². The number of benzene rings is 1. The number of likely N-dealkylation sites (tertiary alicyclic amines) is 1. The molecular weight excluding hydrogens is 380 g/mol. The number of aromatic hydroxyl groups is 1. The standard InChI is InChI=1S/C23H26N4O3/c1-2-30-21-12-16(5-6-20(21)28)14-27-11-3-4-18(15-27)19-13-22(29)26-23(25-19)17-7-9-24-10-8-17/h5-10,12-13,18,28H,2-4,11,14-15H2,1H3,(H,25,26,29). The van der Waals surface area contributed by atoms with E-state index in [1.165, 1.54) is 0 Å². The maximum Gasteiger partial charge on any atom is 0.251 e. The maximum absolute atomic E-state index is 12.3. The van der Waals surface area contributed by atoms with Crippen molar-refractivity contribution in [3.63, 3.8) is 0 Å². The zero-order valence-electron chi connectivity index (χ0n) is 17.0. The molecule has 1 saturated heterocycles. The van der Waals surface area contributed by atoms with E-state index < -0.39 is 0 Å². The molecule has 0 saturated carbocycles. The minimum absolute atomic E-state index is 0.135. The van der Waals surface area contributed by atoms with Gasteiger partial charge in [-0.2, -0.15) is 0 Å². The minimum Gasteiger partial charge on any atom is -0.504 e. The van der Waals surface area contributed by atoms with Gasteiger partial charge in [0.15, 0.2) is 11.5 Å². The molecule has 0 amide bonds. The average Bonchev–Trinajstić information content (AvgIpc) is 2.77. The van der Waals surface area contributed by atoms with E-state index in [-0.39, 0.29) is 17.2 Å². The highest BCUT2D eigenvalue weighted by Crippen LogP contribution is 2.30. The van der Waals surface area contributed by atoms with Crippen LogP contribution in [0.5, 0.6) is 11.5 Å². The van der Waals surface area contributed by atoms with Crippen LogP contribution in [-0.4, -0.2) is 44.7 Å². The van der Waals surface area contributed by atoms with Crippen LogP contribution in [-0.2, 0) is 6.54 Å². The quantitative estimate of drug-likeness (QED) is 0.653. The van der Waals surface area contributed by atoms with Crippen molar-refractivity contribution in [1.82, 2.24) is 19.9 Å². The summed E-state index contributed by atoms with van der Waals surface area (Å²) >= 11 is 0. The molecule has 30 heavy (non-hydrogen) atoms. The lowest BCUT2D eigenvalue weighted by atomic mass is 9.94. The molecule has 1 aromatic carbocycles. The van der Waals surface area contributed by atoms with Gasteiger partial charge in [-0.1, -0.05) is 6.07 Å². The fraction of sp³-hybridized carbons (Fsp3) is 0.348. The zero-order valence-corrected chi connectivity index (χ0v) is 17.0. The van der Waals surface area contributed by atoms with E-state index in [9.17, 15) is 9.90 Å². The third-order valence-corrected chi connectivity index (χ3v) is 5.37. The van der Waals surface area contributed by atoms with Gasteiger partial charge in [0, 0.05) is 43.0 Å². The van der Waals surface area contributed by atoms with E-state index in [1.807, 2.05) is 31.2 Å². The lowest BCUT2D eigenvalue weighted by Gasteiger charge is -2.32. The molecule has 4 rings (SSSR count). The molecule has 3 aromatic rings. The Morgan fingerprint density at radius 1 is 1.23 bits per heavy atom. The van der Waals surface area contributed by atoms with E-state index in [0.29, 0.717) is 18.2 Å². The Labute approximate surface area is 175 Å². The first kappa shape index (κ1) is 20.1. The topological polar surface area (TPSA) is 91.3 Å². The molecule has 7 heteroatoms. The minimum atomic E-state index is -0.135. The number of rotatable bonds is 6. The SMILES string of the molecule is CCOc1cc(CN2CCCC(c3cc(=O)[nH]c(-c4ccncc4)n3)C2)ccc1O. The number of aromatic nitrogens is 3. The van der Waals surface area contributed by atoms with Crippen molar-refractivity contribution in [3.8, 4) is 22.9 Å². The van der Waals surface area contributed by atoms with Crippen LogP contribution in [0.1, 0.15) is 36.9 Å². The Hall–Kier alpha value is -3.19. The number of hydrogen-bond donors (Lipinski definition) is 2. The summed E-state index contributed by atoms with van der Waals surface area (Å²) in [6.07, 6.45) is 5.43. The molecule has 1 aliphatic rings. The molecule has 0 bridgehead atoms. The van der Waals surface area contributed by atoms with Crippen LogP contribution >= 0.6 is 0 Å². The predicted octanol–water partition coefficient (Wildman–Crippen LogP) is 3.32. The summed E-state index contributed by atoms with van der Waals surface area (Å²) in [5.41, 5.74) is 2.64. The summed E-state index contributed by atoms with van der Waals surface area (Å²) in [7, 11) is 0. The Bertz CT molecular complexity index is 1050. The Morgan fingerprint density at radius 2 is 2.07 bits per heavy atom. The summed E-state index contributed by atoms with van der Waals surface area (Å²) < 4.78 is 5.50. The molecule has 0 radical (unpaired) electrons. The number of pyridine rings is 1. The summed E-state index contributed by atoms with van der Waals surface area (Å²) in [5, 5.41) is 9.93. The van der Waals surface area contributed by atoms with Crippen LogP contribution in [0.25, 0.3) is 11.4 Å². The van der Waals surface area contributed by atoms with Crippen LogP contribution in [0.15, 0.2) is 53.6 Å². The predicted molar refractivity (Wildman–Crippen MR) is 115 cm³/mol. The lowest BCUT2D eigenvalue weighted by molar-refractivity contribution is 0.198. The molecular formula is C23H26N4O3. The van der Waals surface area contributed by atoms with E-state index in [4.69, 9.17) is 9.72 Å². The monoisotopic (exact) mass is 406 g/mol. The highest BCUT2D eigenvalue weighted by molar-refractivity contribution is 5.53. The van der Waals surface area contributed by atoms with Crippen molar-refractivity contribution >= 4 is 0 Å². The molecule has 1 unspecified atom stereocenters. The van der Waals surface area contributed by atoms with Crippen molar-refractivity contribution in [1.29, 1.82) is 0 Å². The number of hydrogen-bond acceptors (Lipinski definition) is 6. The second-order valence-corrected chi connectivity index (χ2v) is 7.56. The maximum atomic E-state index is 12.3. The third kappa shape index (κ3) is 4.68. The molecule has 0 spiro atoms. The van der Waals surface area contributed by atoms with Gasteiger partial charge in [0.05, 0.1) is 12.3 Å². The normalized spacial score (nSPS) is 17.0. The summed E-state index contributed by atoms with van der Waals surface area (Å²) in [5.74, 6) is 1.46. The lowest BCUT2D eigenvalue weighted by Crippen LogP contribution is -2.34. The number of aromatic amines is 1. The van der Waals surface area contributed by atoms with Crippen LogP contribution in [0.3, 0.4) is 0 Å². The van der Waals surface area contributed by atoms with Crippen molar-refractivity contribution in [3.05, 3.63) is 70.4 Å². The summed E-state index contributed by atoms with van der Waals surface area (Å²) in [4.78, 5) is 26.2. The molecule has 2 N–H and O–H groups in total. The molecule has 1 fully saturated rings. The van der Waals surface area contributed by atoms with Crippen LogP contribution < -0.4 is 10.3 Å². The molecule has 1 atom stereocenters. The number of ether oxygens (including phenoxy) is 1. The summed E-state index contributed by atoms with van der Waals surface area (Å²) in [6.45, 7) is 4.99. The van der Waals surface area contributed by atoms with Gasteiger partial charge in [0.2, 0.25) is 0 Å². The van der Waals surface area contributed by atoms with Crippen molar-refractivity contribution < 1.29 is 9.84 Å². The first-order valence-corrected chi connectivity index (χ1v) is 10.3. The fourth-order valence-corrected chi connectivity index (χ4v) is 3.96. The number of nitrogens with one attached hydrogen (secondary N) is 1. The molecule has 156 valence electrons. The van der Waals surface area contributed by atoms with E-state index in [2.05, 4.69) is 14.9 Å². The number of phenols is 1. The van der Waals surface area contributed by atoms with Gasteiger partial charge in [-0.3, -0.25) is 14.7 Å². The summed E-state index contributed by atoms with van der Waals surface area (Å²) in [6, 6.07) is 10.8. The third-order valence-electron chi connectivity index (χ3n) is 5.37. The van der Waals surface area contributed by atoms with Crippen LogP contribution in [0.2, 0.25) is 0 Å². The second kappa shape index (κ2) is 9.09. The zero-order chi connectivity index (χ0) is 20.9. The Balaban J connectivity index is 1.51. The van der Waals surface area contributed by atoms with Crippen molar-refractivity contribution in [2.45, 2.75) is 32.2 Å². The smallest absolute Gasteiger partial charge is 0.251 e. The van der Waals surface area contributed by atoms with Crippen molar-refractivity contribution in [2.75, 3.05) is 19.7 Å². The van der Waals surface area contributed by atoms with E-state index in [0.717, 1.165) is 49.3 Å². The molecule has 7 nitrogen and oxygen atoms in total. The largest absolute Gasteiger partial charge is 0.504 e. The number of piperidine rings is 1. The Morgan fingerprint density at radius 3 is 2.87 bits per heavy atom. The molecule has 3 heterocycles. The number of phenolic OH excluding ortho intramolecular Hbond substituents is 1. The molecule has 0 aliphatic carbocycles. The average molecular weight is 406 g/mol. The van der Waals surface area contributed by atoms with Crippen LogP contribution in [0, 0.1) is 0 Å². The van der Waals surface area contributed by atoms with Gasteiger partial charge in [0.25, 0.3) is 5.56 Å². The Kier molecular flexibility index (Phi) is 6.09. The van der Waals surface area contributed by atoms with Gasteiger partial charge < -0.3 is 14.8 Å². The first-order valence-electron chi connectivity index (χ1n) is 10.3. The van der Waals surface area contributed by atoms with Crippen LogP contribution in [0.4, 0.5) is 0 Å². The highest BCUT2D eigenvalue weighted by atomic mass is 16.5. The second-order valence-electron chi connectivity index (χ2n) is 7.56. The molecule has 2 aromatic heterocycles. The van der Waals surface area contributed by atoms with Gasteiger partial charge in [-0.15, -0.1) is 0 Å².